The van der Waals surface area contributed by atoms with E-state index in [1.165, 1.54) is 0 Å². The Morgan fingerprint density at radius 3 is 2.78 bits per heavy atom. The van der Waals surface area contributed by atoms with Crippen LogP contribution in [0.25, 0.3) is 11.4 Å². The zero-order valence-corrected chi connectivity index (χ0v) is 11.1. The molecule has 2 unspecified atom stereocenters. The Morgan fingerprint density at radius 1 is 1.33 bits per heavy atom. The summed E-state index contributed by atoms with van der Waals surface area (Å²) in [5.74, 6) is 1.43. The molecule has 0 aliphatic heterocycles. The highest BCUT2D eigenvalue weighted by Crippen LogP contribution is 2.23. The summed E-state index contributed by atoms with van der Waals surface area (Å²) in [6.07, 6.45) is 3.52. The molecule has 5 heteroatoms. The first-order chi connectivity index (χ1) is 8.63. The standard InChI is InChI=1S/C13H18N4O/c1-8-5-6-15-7-11(8)12-16-13(18-17-12)9(2)10(3)14-4/h5-7,9-10,14H,1-4H3. The predicted octanol–water partition coefficient (Wildman–Crippen LogP) is 2.15. The number of hydrogen-bond acceptors (Lipinski definition) is 5. The fourth-order valence-corrected chi connectivity index (χ4v) is 1.69. The van der Waals surface area contributed by atoms with Gasteiger partial charge in [-0.05, 0) is 32.5 Å². The van der Waals surface area contributed by atoms with E-state index in [-0.39, 0.29) is 12.0 Å². The zero-order chi connectivity index (χ0) is 13.1. The lowest BCUT2D eigenvalue weighted by atomic mass is 10.0. The van der Waals surface area contributed by atoms with Crippen LogP contribution in [-0.2, 0) is 0 Å². The highest BCUT2D eigenvalue weighted by atomic mass is 16.5. The van der Waals surface area contributed by atoms with E-state index in [0.717, 1.165) is 11.1 Å². The van der Waals surface area contributed by atoms with E-state index in [9.17, 15) is 0 Å². The van der Waals surface area contributed by atoms with Crippen LogP contribution in [0.15, 0.2) is 23.0 Å². The molecule has 0 saturated carbocycles. The number of likely N-dealkylation sites (N-methyl/N-ethyl adjacent to an activating group) is 1. The Hall–Kier alpha value is -1.75. The molecule has 2 heterocycles. The number of nitrogens with zero attached hydrogens (tertiary/aromatic N) is 3. The average molecular weight is 246 g/mol. The third kappa shape index (κ3) is 2.41. The van der Waals surface area contributed by atoms with Crippen molar-refractivity contribution in [1.29, 1.82) is 0 Å². The highest BCUT2D eigenvalue weighted by Gasteiger charge is 2.20. The first-order valence-corrected chi connectivity index (χ1v) is 6.05. The Bertz CT molecular complexity index is 523. The van der Waals surface area contributed by atoms with Gasteiger partial charge in [0.1, 0.15) is 0 Å². The van der Waals surface area contributed by atoms with Gasteiger partial charge in [0, 0.05) is 24.0 Å². The third-order valence-corrected chi connectivity index (χ3v) is 3.32. The van der Waals surface area contributed by atoms with Crippen molar-refractivity contribution in [3.05, 3.63) is 29.9 Å². The van der Waals surface area contributed by atoms with Gasteiger partial charge in [0.25, 0.3) is 0 Å². The first kappa shape index (κ1) is 12.7. The molecular weight excluding hydrogens is 228 g/mol. The molecule has 1 N–H and O–H groups in total. The second-order valence-electron chi connectivity index (χ2n) is 4.51. The summed E-state index contributed by atoms with van der Waals surface area (Å²) >= 11 is 0. The lowest BCUT2D eigenvalue weighted by Gasteiger charge is -2.14. The molecule has 0 bridgehead atoms. The largest absolute Gasteiger partial charge is 0.339 e. The normalized spacial score (nSPS) is 14.4. The van der Waals surface area contributed by atoms with Crippen LogP contribution >= 0.6 is 0 Å². The molecule has 18 heavy (non-hydrogen) atoms. The van der Waals surface area contributed by atoms with Crippen molar-refractivity contribution in [2.45, 2.75) is 32.7 Å². The fourth-order valence-electron chi connectivity index (χ4n) is 1.69. The molecule has 2 rings (SSSR count). The molecule has 0 radical (unpaired) electrons. The van der Waals surface area contributed by atoms with Crippen LogP contribution in [0, 0.1) is 6.92 Å². The number of hydrogen-bond donors (Lipinski definition) is 1. The van der Waals surface area contributed by atoms with Crippen LogP contribution in [-0.4, -0.2) is 28.2 Å². The first-order valence-electron chi connectivity index (χ1n) is 6.05. The molecule has 0 fully saturated rings. The van der Waals surface area contributed by atoms with Crippen LogP contribution in [0.1, 0.15) is 31.2 Å². The quantitative estimate of drug-likeness (QED) is 0.895. The van der Waals surface area contributed by atoms with Crippen molar-refractivity contribution in [3.8, 4) is 11.4 Å². The molecule has 0 aliphatic rings. The number of rotatable bonds is 4. The lowest BCUT2D eigenvalue weighted by molar-refractivity contribution is 0.336. The smallest absolute Gasteiger partial charge is 0.231 e. The Morgan fingerprint density at radius 2 is 2.11 bits per heavy atom. The summed E-state index contributed by atoms with van der Waals surface area (Å²) in [6, 6.07) is 2.22. The molecule has 2 aromatic heterocycles. The van der Waals surface area contributed by atoms with E-state index < -0.39 is 0 Å². The van der Waals surface area contributed by atoms with E-state index in [1.54, 1.807) is 12.4 Å². The average Bonchev–Trinajstić information content (AvgIpc) is 2.87. The molecule has 2 atom stereocenters. The van der Waals surface area contributed by atoms with Crippen molar-refractivity contribution in [3.63, 3.8) is 0 Å². The van der Waals surface area contributed by atoms with E-state index in [1.807, 2.05) is 20.0 Å². The summed E-state index contributed by atoms with van der Waals surface area (Å²) < 4.78 is 5.33. The van der Waals surface area contributed by atoms with Crippen LogP contribution in [0.2, 0.25) is 0 Å². The highest BCUT2D eigenvalue weighted by molar-refractivity contribution is 5.57. The van der Waals surface area contributed by atoms with Crippen molar-refractivity contribution >= 4 is 0 Å². The van der Waals surface area contributed by atoms with Crippen molar-refractivity contribution in [1.82, 2.24) is 20.4 Å². The van der Waals surface area contributed by atoms with Gasteiger partial charge in [-0.15, -0.1) is 0 Å². The van der Waals surface area contributed by atoms with Crippen LogP contribution in [0.3, 0.4) is 0 Å². The van der Waals surface area contributed by atoms with Gasteiger partial charge in [-0.1, -0.05) is 12.1 Å². The van der Waals surface area contributed by atoms with Gasteiger partial charge in [-0.25, -0.2) is 0 Å². The van der Waals surface area contributed by atoms with Crippen LogP contribution < -0.4 is 5.32 Å². The van der Waals surface area contributed by atoms with Crippen LogP contribution in [0.4, 0.5) is 0 Å². The van der Waals surface area contributed by atoms with Gasteiger partial charge in [0.05, 0.1) is 5.92 Å². The Kier molecular flexibility index (Phi) is 3.72. The zero-order valence-electron chi connectivity index (χ0n) is 11.1. The summed E-state index contributed by atoms with van der Waals surface area (Å²) in [4.78, 5) is 8.55. The minimum atomic E-state index is 0.174. The molecule has 96 valence electrons. The maximum absolute atomic E-state index is 5.33. The molecule has 0 spiro atoms. The number of aromatic nitrogens is 3. The minimum absolute atomic E-state index is 0.174. The number of aryl methyl sites for hydroxylation is 1. The Labute approximate surface area is 107 Å². The lowest BCUT2D eigenvalue weighted by Crippen LogP contribution is -2.27. The van der Waals surface area contributed by atoms with Gasteiger partial charge in [-0.2, -0.15) is 4.98 Å². The molecule has 5 nitrogen and oxygen atoms in total. The molecule has 0 aliphatic carbocycles. The maximum Gasteiger partial charge on any atom is 0.231 e. The Balaban J connectivity index is 2.29. The number of pyridine rings is 1. The number of nitrogens with one attached hydrogen (secondary N) is 1. The molecule has 0 amide bonds. The van der Waals surface area contributed by atoms with Gasteiger partial charge in [0.15, 0.2) is 0 Å². The SMILES string of the molecule is CNC(C)C(C)c1nc(-c2cnccc2C)no1. The van der Waals surface area contributed by atoms with E-state index >= 15 is 0 Å². The van der Waals surface area contributed by atoms with E-state index in [2.05, 4.69) is 34.3 Å². The second-order valence-corrected chi connectivity index (χ2v) is 4.51. The van der Waals surface area contributed by atoms with Gasteiger partial charge >= 0.3 is 0 Å². The van der Waals surface area contributed by atoms with E-state index in [4.69, 9.17) is 4.52 Å². The van der Waals surface area contributed by atoms with E-state index in [0.29, 0.717) is 11.7 Å². The summed E-state index contributed by atoms with van der Waals surface area (Å²) in [5, 5.41) is 7.21. The second kappa shape index (κ2) is 5.27. The summed E-state index contributed by atoms with van der Waals surface area (Å²) in [7, 11) is 1.92. The molecule has 0 saturated heterocycles. The minimum Gasteiger partial charge on any atom is -0.339 e. The maximum atomic E-state index is 5.33. The summed E-state index contributed by atoms with van der Waals surface area (Å²) in [5.41, 5.74) is 2.00. The van der Waals surface area contributed by atoms with Crippen LogP contribution in [0.5, 0.6) is 0 Å². The van der Waals surface area contributed by atoms with Gasteiger partial charge < -0.3 is 9.84 Å². The van der Waals surface area contributed by atoms with Gasteiger partial charge in [0.2, 0.25) is 11.7 Å². The monoisotopic (exact) mass is 246 g/mol. The van der Waals surface area contributed by atoms with Gasteiger partial charge in [-0.3, -0.25) is 4.98 Å². The topological polar surface area (TPSA) is 63.8 Å². The molecule has 0 aromatic carbocycles. The third-order valence-electron chi connectivity index (χ3n) is 3.32. The molecule has 2 aromatic rings. The summed E-state index contributed by atoms with van der Waals surface area (Å²) in [6.45, 7) is 6.16. The predicted molar refractivity (Wildman–Crippen MR) is 69.2 cm³/mol. The molecular formula is C13H18N4O. The van der Waals surface area contributed by atoms with Crippen molar-refractivity contribution < 1.29 is 4.52 Å². The fraction of sp³-hybridized carbons (Fsp3) is 0.462. The van der Waals surface area contributed by atoms with Crippen molar-refractivity contribution in [2.24, 2.45) is 0 Å². The van der Waals surface area contributed by atoms with Crippen molar-refractivity contribution in [2.75, 3.05) is 7.05 Å².